The van der Waals surface area contributed by atoms with E-state index in [1.807, 2.05) is 32.0 Å². The second kappa shape index (κ2) is 9.62. The second-order valence-corrected chi connectivity index (χ2v) is 8.31. The van der Waals surface area contributed by atoms with Crippen molar-refractivity contribution in [2.75, 3.05) is 24.3 Å². The number of alkyl halides is 3. The van der Waals surface area contributed by atoms with E-state index in [4.69, 9.17) is 5.73 Å². The first-order valence-electron chi connectivity index (χ1n) is 10.5. The van der Waals surface area contributed by atoms with Crippen LogP contribution < -0.4 is 20.7 Å². The van der Waals surface area contributed by atoms with Gasteiger partial charge in [0.1, 0.15) is 23.2 Å². The summed E-state index contributed by atoms with van der Waals surface area (Å²) in [6.07, 6.45) is -1.29. The van der Waals surface area contributed by atoms with Crippen LogP contribution in [0.25, 0.3) is 0 Å². The second-order valence-electron chi connectivity index (χ2n) is 8.31. The first-order chi connectivity index (χ1) is 15.0. The number of nitrogens with zero attached hydrogens (tertiary/aromatic N) is 3. The maximum absolute atomic E-state index is 12.8. The van der Waals surface area contributed by atoms with Crippen LogP contribution in [0.1, 0.15) is 47.4 Å². The summed E-state index contributed by atoms with van der Waals surface area (Å²) in [7, 11) is 3.83. The molecule has 1 aliphatic carbocycles. The van der Waals surface area contributed by atoms with Crippen molar-refractivity contribution in [1.29, 1.82) is 0 Å². The number of nitrogens with two attached hydrogens (primary N) is 1. The third-order valence-corrected chi connectivity index (χ3v) is 5.60. The van der Waals surface area contributed by atoms with E-state index < -0.39 is 12.3 Å². The van der Waals surface area contributed by atoms with Crippen molar-refractivity contribution in [2.45, 2.75) is 51.4 Å². The zero-order valence-electron chi connectivity index (χ0n) is 18.4. The van der Waals surface area contributed by atoms with E-state index in [1.54, 1.807) is 0 Å². The predicted molar refractivity (Wildman–Crippen MR) is 116 cm³/mol. The Hall–Kier alpha value is -3.04. The Morgan fingerprint density at radius 1 is 1.22 bits per heavy atom. The number of nitrogens with one attached hydrogen (secondary N) is 1. The Labute approximate surface area is 185 Å². The van der Waals surface area contributed by atoms with Crippen LogP contribution in [0.5, 0.6) is 5.75 Å². The fraction of sp³-hybridized carbons (Fsp3) is 0.500. The molecule has 0 atom stereocenters. The standard InChI is InChI=1S/C22H28F3N5O2/c1-13-27-19(12-20(28-13)30(2)3)29-15-9-7-14(8-10-15)11-17-16(21(26)31)5-4-6-18(17)32-22(23,24)25/h4-6,12,14-15H,7-11H2,1-3H3,(H2,26,31)(H,27,28,29). The lowest BCUT2D eigenvalue weighted by atomic mass is 9.81. The molecule has 0 unspecified atom stereocenters. The van der Waals surface area contributed by atoms with E-state index >= 15 is 0 Å². The number of rotatable bonds is 7. The molecule has 10 heteroatoms. The summed E-state index contributed by atoms with van der Waals surface area (Å²) in [5, 5.41) is 3.45. The third kappa shape index (κ3) is 6.24. The molecule has 0 saturated heterocycles. The summed E-state index contributed by atoms with van der Waals surface area (Å²) >= 11 is 0. The fourth-order valence-corrected chi connectivity index (χ4v) is 4.09. The van der Waals surface area contributed by atoms with Crippen LogP contribution in [-0.4, -0.2) is 42.4 Å². The third-order valence-electron chi connectivity index (χ3n) is 5.60. The number of anilines is 2. The number of amides is 1. The van der Waals surface area contributed by atoms with Crippen molar-refractivity contribution in [2.24, 2.45) is 11.7 Å². The fourth-order valence-electron chi connectivity index (χ4n) is 4.09. The Balaban J connectivity index is 1.67. The van der Waals surface area contributed by atoms with Gasteiger partial charge in [-0.05, 0) is 57.1 Å². The molecule has 1 aromatic heterocycles. The number of aromatic nitrogens is 2. The molecular weight excluding hydrogens is 423 g/mol. The summed E-state index contributed by atoms with van der Waals surface area (Å²) in [6.45, 7) is 1.84. The van der Waals surface area contributed by atoms with Gasteiger partial charge in [-0.1, -0.05) is 6.07 Å². The highest BCUT2D eigenvalue weighted by Gasteiger charge is 2.33. The van der Waals surface area contributed by atoms with E-state index in [0.717, 1.165) is 37.3 Å². The van der Waals surface area contributed by atoms with Crippen molar-refractivity contribution >= 4 is 17.5 Å². The Bertz CT molecular complexity index is 957. The van der Waals surface area contributed by atoms with Crippen molar-refractivity contribution < 1.29 is 22.7 Å². The molecule has 0 aliphatic heterocycles. The van der Waals surface area contributed by atoms with Crippen LogP contribution in [0.15, 0.2) is 24.3 Å². The monoisotopic (exact) mass is 451 g/mol. The maximum Gasteiger partial charge on any atom is 0.573 e. The lowest BCUT2D eigenvalue weighted by Crippen LogP contribution is -2.28. The van der Waals surface area contributed by atoms with Crippen molar-refractivity contribution in [3.05, 3.63) is 41.2 Å². The highest BCUT2D eigenvalue weighted by atomic mass is 19.4. The van der Waals surface area contributed by atoms with E-state index in [0.29, 0.717) is 12.2 Å². The zero-order valence-corrected chi connectivity index (χ0v) is 18.4. The summed E-state index contributed by atoms with van der Waals surface area (Å²) in [5.41, 5.74) is 5.69. The van der Waals surface area contributed by atoms with Gasteiger partial charge in [-0.3, -0.25) is 4.79 Å². The van der Waals surface area contributed by atoms with Gasteiger partial charge in [0.25, 0.3) is 0 Å². The van der Waals surface area contributed by atoms with Crippen LogP contribution in [0.3, 0.4) is 0 Å². The zero-order chi connectivity index (χ0) is 23.5. The lowest BCUT2D eigenvalue weighted by Gasteiger charge is -2.30. The molecular formula is C22H28F3N5O2. The van der Waals surface area contributed by atoms with Gasteiger partial charge < -0.3 is 20.7 Å². The molecule has 1 amide bonds. The highest BCUT2D eigenvalue weighted by molar-refractivity contribution is 5.95. The molecule has 2 aromatic rings. The molecule has 174 valence electrons. The number of ether oxygens (including phenoxy) is 1. The molecule has 0 radical (unpaired) electrons. The van der Waals surface area contributed by atoms with Crippen molar-refractivity contribution in [3.8, 4) is 5.75 Å². The number of carbonyl (C=O) groups is 1. The van der Waals surface area contributed by atoms with Gasteiger partial charge in [-0.2, -0.15) is 0 Å². The van der Waals surface area contributed by atoms with Gasteiger partial charge in [0.05, 0.1) is 0 Å². The predicted octanol–water partition coefficient (Wildman–Crippen LogP) is 4.06. The van der Waals surface area contributed by atoms with Crippen molar-refractivity contribution in [3.63, 3.8) is 0 Å². The van der Waals surface area contributed by atoms with E-state index in [1.165, 1.54) is 18.2 Å². The molecule has 1 aromatic carbocycles. The smallest absolute Gasteiger partial charge is 0.405 e. The number of hydrogen-bond acceptors (Lipinski definition) is 6. The molecule has 1 aliphatic rings. The number of primary amides is 1. The number of aryl methyl sites for hydroxylation is 1. The number of halogens is 3. The first-order valence-corrected chi connectivity index (χ1v) is 10.5. The number of carbonyl (C=O) groups excluding carboxylic acids is 1. The van der Waals surface area contributed by atoms with Gasteiger partial charge in [-0.15, -0.1) is 13.2 Å². The van der Waals surface area contributed by atoms with E-state index in [9.17, 15) is 18.0 Å². The van der Waals surface area contributed by atoms with Crippen LogP contribution in [0.2, 0.25) is 0 Å². The van der Waals surface area contributed by atoms with E-state index in [2.05, 4.69) is 20.0 Å². The molecule has 3 rings (SSSR count). The minimum atomic E-state index is -4.84. The van der Waals surface area contributed by atoms with Gasteiger partial charge in [0, 0.05) is 37.3 Å². The number of benzene rings is 1. The van der Waals surface area contributed by atoms with Crippen LogP contribution in [0, 0.1) is 12.8 Å². The van der Waals surface area contributed by atoms with E-state index in [-0.39, 0.29) is 28.8 Å². The normalized spacial score (nSPS) is 18.8. The summed E-state index contributed by atoms with van der Waals surface area (Å²) in [6, 6.07) is 6.10. The summed E-state index contributed by atoms with van der Waals surface area (Å²) < 4.78 is 42.7. The summed E-state index contributed by atoms with van der Waals surface area (Å²) in [4.78, 5) is 22.5. The van der Waals surface area contributed by atoms with Crippen molar-refractivity contribution in [1.82, 2.24) is 9.97 Å². The average Bonchev–Trinajstić information content (AvgIpc) is 2.69. The molecule has 32 heavy (non-hydrogen) atoms. The van der Waals surface area contributed by atoms with Crippen LogP contribution >= 0.6 is 0 Å². The quantitative estimate of drug-likeness (QED) is 0.660. The van der Waals surface area contributed by atoms with Crippen LogP contribution in [-0.2, 0) is 6.42 Å². The molecule has 7 nitrogen and oxygen atoms in total. The van der Waals surface area contributed by atoms with Gasteiger partial charge in [0.2, 0.25) is 5.91 Å². The molecule has 1 saturated carbocycles. The largest absolute Gasteiger partial charge is 0.573 e. The van der Waals surface area contributed by atoms with Gasteiger partial charge in [-0.25, -0.2) is 9.97 Å². The Morgan fingerprint density at radius 2 is 1.91 bits per heavy atom. The molecule has 3 N–H and O–H groups in total. The Kier molecular flexibility index (Phi) is 7.10. The first kappa shape index (κ1) is 23.6. The molecule has 1 heterocycles. The number of hydrogen-bond donors (Lipinski definition) is 2. The Morgan fingerprint density at radius 3 is 2.50 bits per heavy atom. The topological polar surface area (TPSA) is 93.4 Å². The molecule has 0 bridgehead atoms. The molecule has 1 fully saturated rings. The van der Waals surface area contributed by atoms with Gasteiger partial charge in [0.15, 0.2) is 0 Å². The highest BCUT2D eigenvalue weighted by Crippen LogP contribution is 2.35. The lowest BCUT2D eigenvalue weighted by molar-refractivity contribution is -0.274. The SMILES string of the molecule is Cc1nc(NC2CCC(Cc3c(OC(F)(F)F)cccc3C(N)=O)CC2)cc(N(C)C)n1. The summed E-state index contributed by atoms with van der Waals surface area (Å²) in [5.74, 6) is 1.24. The average molecular weight is 451 g/mol. The minimum absolute atomic E-state index is 0.0691. The minimum Gasteiger partial charge on any atom is -0.405 e. The van der Waals surface area contributed by atoms with Crippen LogP contribution in [0.4, 0.5) is 24.8 Å². The molecule has 0 spiro atoms. The maximum atomic E-state index is 12.8. The van der Waals surface area contributed by atoms with Gasteiger partial charge >= 0.3 is 6.36 Å².